The molecule has 0 saturated carbocycles. The number of β-amino-alcohol motifs (C(OH)–C–C–N with tert-alkyl or cyclic N) is 1. The summed E-state index contributed by atoms with van der Waals surface area (Å²) in [6.07, 6.45) is -0.239. The molecule has 2 unspecified atom stereocenters. The highest BCUT2D eigenvalue weighted by Crippen LogP contribution is 2.41. The Bertz CT molecular complexity index is 1640. The van der Waals surface area contributed by atoms with Gasteiger partial charge in [-0.15, -0.1) is 0 Å². The maximum Gasteiger partial charge on any atom is 0.407 e. The van der Waals surface area contributed by atoms with E-state index in [1.165, 1.54) is 14.2 Å². The predicted octanol–water partition coefficient (Wildman–Crippen LogP) is 4.91. The summed E-state index contributed by atoms with van der Waals surface area (Å²) in [6.45, 7) is 14.3. The number of carbonyl (C=O) groups excluding carboxylic acids is 3. The van der Waals surface area contributed by atoms with E-state index in [-0.39, 0.29) is 6.54 Å². The summed E-state index contributed by atoms with van der Waals surface area (Å²) in [4.78, 5) is 43.4. The molecule has 1 aliphatic rings. The van der Waals surface area contributed by atoms with Gasteiger partial charge in [0, 0.05) is 24.8 Å². The van der Waals surface area contributed by atoms with Crippen LogP contribution in [-0.2, 0) is 32.8 Å². The number of nitrogens with one attached hydrogen (secondary N) is 4. The molecule has 0 aliphatic carbocycles. The summed E-state index contributed by atoms with van der Waals surface area (Å²) in [6, 6.07) is 19.4. The summed E-state index contributed by atoms with van der Waals surface area (Å²) >= 11 is 0. The highest BCUT2D eigenvalue weighted by atomic mass is 16.5. The Balaban J connectivity index is 1.72. The Kier molecular flexibility index (Phi) is 12.5. The molecule has 2 aromatic carbocycles. The molecule has 0 spiro atoms. The van der Waals surface area contributed by atoms with E-state index in [4.69, 9.17) is 9.47 Å². The Morgan fingerprint density at radius 2 is 1.55 bits per heavy atom. The molecule has 276 valence electrons. The second-order valence-corrected chi connectivity index (χ2v) is 15.5. The summed E-state index contributed by atoms with van der Waals surface area (Å²) < 4.78 is 9.87. The summed E-state index contributed by atoms with van der Waals surface area (Å²) in [7, 11) is 2.59. The number of carbonyl (C=O) groups is 3. The van der Waals surface area contributed by atoms with E-state index in [1.807, 2.05) is 87.3 Å². The molecule has 5 N–H and O–H groups in total. The minimum atomic E-state index is -1.05. The van der Waals surface area contributed by atoms with Crippen molar-refractivity contribution in [2.45, 2.75) is 91.2 Å². The molecule has 3 aromatic rings. The van der Waals surface area contributed by atoms with Crippen LogP contribution in [0.2, 0.25) is 0 Å². The number of hydrogen-bond acceptors (Lipinski definition) is 9. The molecular formula is C39H54N6O6. The molecule has 2 heterocycles. The molecule has 0 radical (unpaired) electrons. The number of fused-ring (bicyclic) bond motifs is 1. The van der Waals surface area contributed by atoms with Crippen LogP contribution in [-0.4, -0.2) is 78.2 Å². The van der Waals surface area contributed by atoms with E-state index in [1.54, 1.807) is 6.20 Å². The second-order valence-electron chi connectivity index (χ2n) is 15.5. The zero-order chi connectivity index (χ0) is 37.6. The van der Waals surface area contributed by atoms with Gasteiger partial charge in [-0.1, -0.05) is 90.1 Å². The number of methoxy groups -OCH3 is 2. The number of ether oxygens (including phenoxy) is 2. The Hall–Kier alpha value is -4.52. The Morgan fingerprint density at radius 1 is 0.902 bits per heavy atom. The largest absolute Gasteiger partial charge is 0.453 e. The number of aromatic nitrogens is 1. The lowest BCUT2D eigenvalue weighted by Gasteiger charge is -2.51. The van der Waals surface area contributed by atoms with E-state index in [0.29, 0.717) is 13.0 Å². The molecule has 0 fully saturated rings. The van der Waals surface area contributed by atoms with Crippen LogP contribution in [0.25, 0.3) is 11.3 Å². The predicted molar refractivity (Wildman–Crippen MR) is 196 cm³/mol. The molecular weight excluding hydrogens is 648 g/mol. The van der Waals surface area contributed by atoms with Crippen LogP contribution in [0, 0.1) is 10.8 Å². The first-order valence-corrected chi connectivity index (χ1v) is 17.2. The highest BCUT2D eigenvalue weighted by molar-refractivity contribution is 5.86. The lowest BCUT2D eigenvalue weighted by molar-refractivity contribution is -0.127. The van der Waals surface area contributed by atoms with E-state index >= 15 is 0 Å². The number of pyridine rings is 1. The number of benzene rings is 2. The van der Waals surface area contributed by atoms with Gasteiger partial charge in [0.2, 0.25) is 5.91 Å². The molecule has 0 saturated heterocycles. The van der Waals surface area contributed by atoms with Crippen LogP contribution < -0.4 is 21.4 Å². The van der Waals surface area contributed by atoms with Crippen molar-refractivity contribution in [2.24, 2.45) is 10.8 Å². The van der Waals surface area contributed by atoms with Gasteiger partial charge in [0.1, 0.15) is 6.04 Å². The standard InChI is InChI=1S/C39H54N6O6/c1-37(2,3)32(42-35(48)50-8)33(47)41-30(21-25-15-11-10-12-16-25)31(46)24-45-23-27-19-18-26(29-17-13-14-20-40-29)22-28(27)39(7,44-45)34(38(4,5)6)43-36(49)51-9/h10-20,22,30-32,34,44,46H,21,23-24H2,1-9H3,(H,41,47)(H,42,48)(H,43,49)/t30?,31-,32+,34-,39?/m0/s1. The van der Waals surface area contributed by atoms with Gasteiger partial charge in [0.15, 0.2) is 0 Å². The van der Waals surface area contributed by atoms with Gasteiger partial charge in [0.05, 0.1) is 43.6 Å². The summed E-state index contributed by atoms with van der Waals surface area (Å²) in [5.41, 5.74) is 6.35. The van der Waals surface area contributed by atoms with E-state index in [9.17, 15) is 19.5 Å². The maximum atomic E-state index is 13.8. The van der Waals surface area contributed by atoms with Crippen molar-refractivity contribution in [2.75, 3.05) is 20.8 Å². The average Bonchev–Trinajstić information content (AvgIpc) is 3.08. The molecule has 1 aromatic heterocycles. The quantitative estimate of drug-likeness (QED) is 0.188. The Morgan fingerprint density at radius 3 is 2.14 bits per heavy atom. The molecule has 12 heteroatoms. The van der Waals surface area contributed by atoms with Gasteiger partial charge in [-0.2, -0.15) is 0 Å². The second kappa shape index (κ2) is 16.2. The highest BCUT2D eigenvalue weighted by Gasteiger charge is 2.48. The first kappa shape index (κ1) is 39.3. The molecule has 12 nitrogen and oxygen atoms in total. The van der Waals surface area contributed by atoms with Crippen LogP contribution in [0.5, 0.6) is 0 Å². The third-order valence-corrected chi connectivity index (χ3v) is 9.35. The number of amides is 3. The number of alkyl carbamates (subject to hydrolysis) is 2. The van der Waals surface area contributed by atoms with Crippen LogP contribution in [0.3, 0.4) is 0 Å². The van der Waals surface area contributed by atoms with Crippen molar-refractivity contribution < 1.29 is 29.0 Å². The number of hydrogen-bond donors (Lipinski definition) is 5. The molecule has 51 heavy (non-hydrogen) atoms. The van der Waals surface area contributed by atoms with Gasteiger partial charge >= 0.3 is 12.2 Å². The van der Waals surface area contributed by atoms with Crippen LogP contribution >= 0.6 is 0 Å². The zero-order valence-electron chi connectivity index (χ0n) is 31.2. The van der Waals surface area contributed by atoms with Crippen molar-refractivity contribution in [3.8, 4) is 11.3 Å². The SMILES string of the molecule is COC(=O)N[C@H](C(=O)NC(Cc1ccccc1)[C@@H](O)CN1Cc2ccc(-c3ccccn3)cc2C(C)([C@@H](NC(=O)OC)C(C)(C)C)N1)C(C)(C)C. The lowest BCUT2D eigenvalue weighted by atomic mass is 9.70. The van der Waals surface area contributed by atoms with Gasteiger partial charge in [0.25, 0.3) is 0 Å². The average molecular weight is 703 g/mol. The number of nitrogens with zero attached hydrogens (tertiary/aromatic N) is 2. The third-order valence-electron chi connectivity index (χ3n) is 9.35. The van der Waals surface area contributed by atoms with Crippen LogP contribution in [0.1, 0.15) is 65.2 Å². The third kappa shape index (κ3) is 9.84. The molecule has 5 atom stereocenters. The number of aliphatic hydroxyl groups excluding tert-OH is 1. The van der Waals surface area contributed by atoms with Crippen molar-refractivity contribution in [3.63, 3.8) is 0 Å². The normalized spacial score (nSPS) is 18.7. The number of hydrazine groups is 1. The molecule has 1 aliphatic heterocycles. The van der Waals surface area contributed by atoms with Gasteiger partial charge in [-0.25, -0.2) is 20.0 Å². The minimum absolute atomic E-state index is 0.120. The summed E-state index contributed by atoms with van der Waals surface area (Å²) in [5, 5.41) is 22.7. The van der Waals surface area contributed by atoms with E-state index in [2.05, 4.69) is 59.3 Å². The molecule has 0 bridgehead atoms. The zero-order valence-corrected chi connectivity index (χ0v) is 31.2. The fourth-order valence-corrected chi connectivity index (χ4v) is 6.88. The van der Waals surface area contributed by atoms with Crippen LogP contribution in [0.4, 0.5) is 9.59 Å². The van der Waals surface area contributed by atoms with Crippen molar-refractivity contribution in [1.82, 2.24) is 31.4 Å². The van der Waals surface area contributed by atoms with Crippen molar-refractivity contribution in [3.05, 3.63) is 89.6 Å². The monoisotopic (exact) mass is 702 g/mol. The topological polar surface area (TPSA) is 154 Å². The minimum Gasteiger partial charge on any atom is -0.453 e. The fourth-order valence-electron chi connectivity index (χ4n) is 6.88. The smallest absolute Gasteiger partial charge is 0.407 e. The fraction of sp³-hybridized carbons (Fsp3) is 0.487. The van der Waals surface area contributed by atoms with Crippen LogP contribution in [0.15, 0.2) is 72.9 Å². The molecule has 3 amide bonds. The molecule has 4 rings (SSSR count). The van der Waals surface area contributed by atoms with Crippen molar-refractivity contribution >= 4 is 18.1 Å². The van der Waals surface area contributed by atoms with Gasteiger partial charge in [-0.05, 0) is 59.1 Å². The maximum absolute atomic E-state index is 13.8. The lowest BCUT2D eigenvalue weighted by Crippen LogP contribution is -2.68. The van der Waals surface area contributed by atoms with Gasteiger partial charge in [-0.3, -0.25) is 9.78 Å². The number of aliphatic hydroxyl groups is 1. The first-order valence-electron chi connectivity index (χ1n) is 17.2. The number of rotatable bonds is 11. The van der Waals surface area contributed by atoms with Crippen molar-refractivity contribution in [1.29, 1.82) is 0 Å². The first-order chi connectivity index (χ1) is 24.0. The Labute approximate surface area is 301 Å². The van der Waals surface area contributed by atoms with E-state index < -0.39 is 58.7 Å². The van der Waals surface area contributed by atoms with Gasteiger partial charge < -0.3 is 30.5 Å². The summed E-state index contributed by atoms with van der Waals surface area (Å²) in [5.74, 6) is -0.438. The van der Waals surface area contributed by atoms with E-state index in [0.717, 1.165) is 27.9 Å².